The molecule has 1 N–H and O–H groups in total. The molecule has 0 amide bonds. The SMILES string of the molecule is CCC1(CC)CN(Cc2ccncc2C)C(C)CN1. The Morgan fingerprint density at radius 3 is 2.79 bits per heavy atom. The van der Waals surface area contributed by atoms with Crippen LogP contribution in [0.15, 0.2) is 18.5 Å². The first-order valence-electron chi connectivity index (χ1n) is 7.49. The summed E-state index contributed by atoms with van der Waals surface area (Å²) >= 11 is 0. The Labute approximate surface area is 117 Å². The summed E-state index contributed by atoms with van der Waals surface area (Å²) in [6.07, 6.45) is 6.27. The summed E-state index contributed by atoms with van der Waals surface area (Å²) in [6, 6.07) is 2.75. The van der Waals surface area contributed by atoms with Crippen LogP contribution in [-0.4, -0.2) is 34.6 Å². The summed E-state index contributed by atoms with van der Waals surface area (Å²) < 4.78 is 0. The molecule has 1 unspecified atom stereocenters. The zero-order chi connectivity index (χ0) is 13.9. The highest BCUT2D eigenvalue weighted by Crippen LogP contribution is 2.24. The fraction of sp³-hybridized carbons (Fsp3) is 0.688. The molecule has 106 valence electrons. The predicted molar refractivity (Wildman–Crippen MR) is 80.2 cm³/mol. The number of aryl methyl sites for hydroxylation is 1. The second-order valence-electron chi connectivity index (χ2n) is 5.92. The molecule has 19 heavy (non-hydrogen) atoms. The number of hydrogen-bond acceptors (Lipinski definition) is 3. The molecule has 2 rings (SSSR count). The maximum Gasteiger partial charge on any atom is 0.0304 e. The lowest BCUT2D eigenvalue weighted by Gasteiger charge is -2.46. The molecule has 1 saturated heterocycles. The molecular weight excluding hydrogens is 234 g/mol. The van der Waals surface area contributed by atoms with Gasteiger partial charge in [-0.15, -0.1) is 0 Å². The first kappa shape index (κ1) is 14.5. The van der Waals surface area contributed by atoms with Crippen LogP contribution in [0.1, 0.15) is 44.7 Å². The summed E-state index contributed by atoms with van der Waals surface area (Å²) in [5.74, 6) is 0. The van der Waals surface area contributed by atoms with E-state index in [9.17, 15) is 0 Å². The highest BCUT2D eigenvalue weighted by Gasteiger charge is 2.34. The number of hydrogen-bond donors (Lipinski definition) is 1. The zero-order valence-electron chi connectivity index (χ0n) is 12.7. The van der Waals surface area contributed by atoms with Gasteiger partial charge in [-0.05, 0) is 43.9 Å². The number of pyridine rings is 1. The third-order valence-electron chi connectivity index (χ3n) is 4.77. The number of piperazine rings is 1. The predicted octanol–water partition coefficient (Wildman–Crippen LogP) is 2.74. The van der Waals surface area contributed by atoms with Crippen LogP contribution < -0.4 is 5.32 Å². The van der Waals surface area contributed by atoms with Crippen LogP contribution in [0.2, 0.25) is 0 Å². The number of nitrogens with zero attached hydrogens (tertiary/aromatic N) is 2. The van der Waals surface area contributed by atoms with Gasteiger partial charge in [-0.2, -0.15) is 0 Å². The van der Waals surface area contributed by atoms with Gasteiger partial charge in [0.25, 0.3) is 0 Å². The molecule has 1 aromatic rings. The van der Waals surface area contributed by atoms with E-state index in [1.165, 1.54) is 24.0 Å². The van der Waals surface area contributed by atoms with Crippen LogP contribution in [-0.2, 0) is 6.54 Å². The summed E-state index contributed by atoms with van der Waals surface area (Å²) in [7, 11) is 0. The Kier molecular flexibility index (Phi) is 4.58. The van der Waals surface area contributed by atoms with Gasteiger partial charge in [-0.1, -0.05) is 13.8 Å². The maximum absolute atomic E-state index is 4.19. The van der Waals surface area contributed by atoms with E-state index in [1.54, 1.807) is 0 Å². The Hall–Kier alpha value is -0.930. The fourth-order valence-corrected chi connectivity index (χ4v) is 2.93. The standard InChI is InChI=1S/C16H27N3/c1-5-16(6-2)12-19(14(4)10-18-16)11-15-7-8-17-9-13(15)3/h7-9,14,18H,5-6,10-12H2,1-4H3. The molecule has 3 heteroatoms. The maximum atomic E-state index is 4.19. The van der Waals surface area contributed by atoms with Crippen molar-refractivity contribution in [2.45, 2.75) is 58.7 Å². The van der Waals surface area contributed by atoms with Gasteiger partial charge in [-0.3, -0.25) is 9.88 Å². The average molecular weight is 261 g/mol. The van der Waals surface area contributed by atoms with Crippen molar-refractivity contribution in [2.75, 3.05) is 13.1 Å². The van der Waals surface area contributed by atoms with Gasteiger partial charge >= 0.3 is 0 Å². The summed E-state index contributed by atoms with van der Waals surface area (Å²) in [6.45, 7) is 12.3. The van der Waals surface area contributed by atoms with Crippen molar-refractivity contribution < 1.29 is 0 Å². The van der Waals surface area contributed by atoms with Gasteiger partial charge < -0.3 is 5.32 Å². The van der Waals surface area contributed by atoms with Crippen LogP contribution in [0.4, 0.5) is 0 Å². The first-order chi connectivity index (χ1) is 9.10. The molecule has 1 aliphatic heterocycles. The third-order valence-corrected chi connectivity index (χ3v) is 4.77. The van der Waals surface area contributed by atoms with Crippen LogP contribution in [0, 0.1) is 6.92 Å². The quantitative estimate of drug-likeness (QED) is 0.903. The molecule has 1 aliphatic rings. The number of aromatic nitrogens is 1. The molecule has 2 heterocycles. The van der Waals surface area contributed by atoms with E-state index in [2.05, 4.69) is 49.0 Å². The molecule has 0 aliphatic carbocycles. The lowest BCUT2D eigenvalue weighted by molar-refractivity contribution is 0.0744. The van der Waals surface area contributed by atoms with Crippen molar-refractivity contribution in [1.29, 1.82) is 0 Å². The minimum atomic E-state index is 0.299. The lowest BCUT2D eigenvalue weighted by atomic mass is 9.88. The Morgan fingerprint density at radius 1 is 1.42 bits per heavy atom. The molecule has 1 fully saturated rings. The third kappa shape index (κ3) is 3.15. The van der Waals surface area contributed by atoms with E-state index < -0.39 is 0 Å². The van der Waals surface area contributed by atoms with Gasteiger partial charge in [0.05, 0.1) is 0 Å². The summed E-state index contributed by atoms with van der Waals surface area (Å²) in [5, 5.41) is 3.76. The van der Waals surface area contributed by atoms with Crippen molar-refractivity contribution in [3.8, 4) is 0 Å². The van der Waals surface area contributed by atoms with Crippen LogP contribution in [0.25, 0.3) is 0 Å². The first-order valence-corrected chi connectivity index (χ1v) is 7.49. The van der Waals surface area contributed by atoms with Crippen molar-refractivity contribution in [1.82, 2.24) is 15.2 Å². The second-order valence-corrected chi connectivity index (χ2v) is 5.92. The van der Waals surface area contributed by atoms with E-state index >= 15 is 0 Å². The topological polar surface area (TPSA) is 28.2 Å². The molecular formula is C16H27N3. The van der Waals surface area contributed by atoms with Gasteiger partial charge in [0, 0.05) is 43.6 Å². The van der Waals surface area contributed by atoms with Gasteiger partial charge in [-0.25, -0.2) is 0 Å². The van der Waals surface area contributed by atoms with E-state index in [0.717, 1.165) is 19.6 Å². The average Bonchev–Trinajstić information content (AvgIpc) is 2.44. The van der Waals surface area contributed by atoms with Crippen LogP contribution >= 0.6 is 0 Å². The molecule has 0 aromatic carbocycles. The molecule has 0 spiro atoms. The molecule has 0 saturated carbocycles. The second kappa shape index (κ2) is 6.02. The van der Waals surface area contributed by atoms with Crippen LogP contribution in [0.3, 0.4) is 0 Å². The van der Waals surface area contributed by atoms with E-state index in [-0.39, 0.29) is 0 Å². The zero-order valence-corrected chi connectivity index (χ0v) is 12.7. The van der Waals surface area contributed by atoms with Gasteiger partial charge in [0.2, 0.25) is 0 Å². The molecule has 3 nitrogen and oxygen atoms in total. The van der Waals surface area contributed by atoms with E-state index in [4.69, 9.17) is 0 Å². The van der Waals surface area contributed by atoms with Crippen molar-refractivity contribution in [3.63, 3.8) is 0 Å². The van der Waals surface area contributed by atoms with Gasteiger partial charge in [0.15, 0.2) is 0 Å². The van der Waals surface area contributed by atoms with Gasteiger partial charge in [0.1, 0.15) is 0 Å². The molecule has 0 radical (unpaired) electrons. The van der Waals surface area contributed by atoms with Crippen LogP contribution in [0.5, 0.6) is 0 Å². The number of nitrogens with one attached hydrogen (secondary N) is 1. The molecule has 1 aromatic heterocycles. The smallest absolute Gasteiger partial charge is 0.0304 e. The minimum absolute atomic E-state index is 0.299. The monoisotopic (exact) mass is 261 g/mol. The van der Waals surface area contributed by atoms with Crippen molar-refractivity contribution in [3.05, 3.63) is 29.6 Å². The summed E-state index contributed by atoms with van der Waals surface area (Å²) in [5.41, 5.74) is 3.00. The van der Waals surface area contributed by atoms with Crippen molar-refractivity contribution in [2.24, 2.45) is 0 Å². The highest BCUT2D eigenvalue weighted by atomic mass is 15.2. The minimum Gasteiger partial charge on any atom is -0.308 e. The highest BCUT2D eigenvalue weighted by molar-refractivity contribution is 5.21. The lowest BCUT2D eigenvalue weighted by Crippen LogP contribution is -2.62. The van der Waals surface area contributed by atoms with Crippen molar-refractivity contribution >= 4 is 0 Å². The van der Waals surface area contributed by atoms with E-state index in [0.29, 0.717) is 11.6 Å². The summed E-state index contributed by atoms with van der Waals surface area (Å²) in [4.78, 5) is 6.80. The Bertz CT molecular complexity index is 412. The Balaban J connectivity index is 2.12. The Morgan fingerprint density at radius 2 is 2.16 bits per heavy atom. The molecule has 0 bridgehead atoms. The molecule has 1 atom stereocenters. The normalized spacial score (nSPS) is 23.5. The fourth-order valence-electron chi connectivity index (χ4n) is 2.93. The largest absolute Gasteiger partial charge is 0.308 e. The number of rotatable bonds is 4. The van der Waals surface area contributed by atoms with E-state index in [1.807, 2.05) is 12.4 Å².